The van der Waals surface area contributed by atoms with Crippen molar-refractivity contribution in [3.8, 4) is 0 Å². The normalized spacial score (nSPS) is 14.5. The third-order valence-electron chi connectivity index (χ3n) is 3.65. The molecule has 102 valence electrons. The number of aromatic carboxylic acids is 1. The predicted molar refractivity (Wildman–Crippen MR) is 72.4 cm³/mol. The summed E-state index contributed by atoms with van der Waals surface area (Å²) in [6.07, 6.45) is 0. The Balaban J connectivity index is 2.66. The number of carbonyl (C=O) groups is 1. The van der Waals surface area contributed by atoms with Crippen LogP contribution < -0.4 is 0 Å². The van der Waals surface area contributed by atoms with Gasteiger partial charge in [-0.1, -0.05) is 13.0 Å². The lowest BCUT2D eigenvalue weighted by molar-refractivity contribution is 0.0699. The number of aliphatic hydroxyl groups is 1. The monoisotopic (exact) mass is 262 g/mol. The van der Waals surface area contributed by atoms with Crippen LogP contribution in [-0.2, 0) is 0 Å². The van der Waals surface area contributed by atoms with E-state index >= 15 is 0 Å². The molecule has 0 aliphatic carbocycles. The summed E-state index contributed by atoms with van der Waals surface area (Å²) in [7, 11) is 0. The molecule has 1 heterocycles. The van der Waals surface area contributed by atoms with Gasteiger partial charge in [0.1, 0.15) is 11.3 Å². The van der Waals surface area contributed by atoms with Gasteiger partial charge < -0.3 is 14.8 Å². The van der Waals surface area contributed by atoms with E-state index in [0.717, 1.165) is 11.3 Å². The molecule has 0 fully saturated rings. The highest BCUT2D eigenvalue weighted by molar-refractivity contribution is 6.01. The second-order valence-electron chi connectivity index (χ2n) is 4.91. The Morgan fingerprint density at radius 2 is 2.11 bits per heavy atom. The largest absolute Gasteiger partial charge is 0.478 e. The Morgan fingerprint density at radius 3 is 2.68 bits per heavy atom. The Labute approximate surface area is 111 Å². The number of carboxylic acid groups (broad SMARTS) is 1. The molecular formula is C14H18N2O3. The van der Waals surface area contributed by atoms with Crippen molar-refractivity contribution in [3.05, 3.63) is 29.6 Å². The van der Waals surface area contributed by atoms with Gasteiger partial charge in [0.05, 0.1) is 11.1 Å². The van der Waals surface area contributed by atoms with Crippen molar-refractivity contribution in [2.75, 3.05) is 6.61 Å². The third kappa shape index (κ3) is 2.21. The Morgan fingerprint density at radius 1 is 1.42 bits per heavy atom. The van der Waals surface area contributed by atoms with Gasteiger partial charge in [0.25, 0.3) is 0 Å². The first-order chi connectivity index (χ1) is 8.97. The van der Waals surface area contributed by atoms with Crippen molar-refractivity contribution in [1.82, 2.24) is 9.55 Å². The van der Waals surface area contributed by atoms with Crippen molar-refractivity contribution in [3.63, 3.8) is 0 Å². The van der Waals surface area contributed by atoms with Crippen LogP contribution in [0.4, 0.5) is 0 Å². The number of para-hydroxylation sites is 1. The second kappa shape index (κ2) is 5.01. The number of hydrogen-bond acceptors (Lipinski definition) is 3. The van der Waals surface area contributed by atoms with E-state index in [1.165, 1.54) is 0 Å². The zero-order valence-corrected chi connectivity index (χ0v) is 11.3. The quantitative estimate of drug-likeness (QED) is 0.886. The van der Waals surface area contributed by atoms with Gasteiger partial charge in [0.15, 0.2) is 0 Å². The first-order valence-electron chi connectivity index (χ1n) is 6.29. The first kappa shape index (κ1) is 13.5. The molecule has 0 radical (unpaired) electrons. The van der Waals surface area contributed by atoms with E-state index in [0.29, 0.717) is 5.52 Å². The molecule has 1 aromatic heterocycles. The molecule has 0 saturated carbocycles. The number of imidazole rings is 1. The number of carboxylic acids is 1. The molecule has 1 aromatic carbocycles. The van der Waals surface area contributed by atoms with Gasteiger partial charge in [0.2, 0.25) is 0 Å². The number of hydrogen-bond donors (Lipinski definition) is 2. The van der Waals surface area contributed by atoms with E-state index in [1.54, 1.807) is 12.1 Å². The predicted octanol–water partition coefficient (Wildman–Crippen LogP) is 2.23. The standard InChI is InChI=1S/C14H18N2O3/c1-8(7-17)9(2)16-10(3)15-13-11(14(18)19)5-4-6-12(13)16/h4-6,8-9,17H,7H2,1-3H3,(H,18,19). The van der Waals surface area contributed by atoms with E-state index in [2.05, 4.69) is 4.98 Å². The van der Waals surface area contributed by atoms with Crippen LogP contribution in [0.15, 0.2) is 18.2 Å². The summed E-state index contributed by atoms with van der Waals surface area (Å²) >= 11 is 0. The number of aromatic nitrogens is 2. The van der Waals surface area contributed by atoms with Crippen LogP contribution in [0.1, 0.15) is 36.1 Å². The average molecular weight is 262 g/mol. The molecule has 5 nitrogen and oxygen atoms in total. The third-order valence-corrected chi connectivity index (χ3v) is 3.65. The summed E-state index contributed by atoms with van der Waals surface area (Å²) in [6.45, 7) is 5.89. The molecule has 2 rings (SSSR count). The minimum Gasteiger partial charge on any atom is -0.478 e. The summed E-state index contributed by atoms with van der Waals surface area (Å²) in [4.78, 5) is 15.6. The van der Waals surface area contributed by atoms with Gasteiger partial charge in [-0.15, -0.1) is 0 Å². The number of aliphatic hydroxyl groups excluding tert-OH is 1. The maximum atomic E-state index is 11.2. The van der Waals surface area contributed by atoms with Crippen LogP contribution in [0.2, 0.25) is 0 Å². The molecule has 0 aliphatic rings. The second-order valence-corrected chi connectivity index (χ2v) is 4.91. The van der Waals surface area contributed by atoms with Crippen molar-refractivity contribution in [1.29, 1.82) is 0 Å². The average Bonchev–Trinajstić information content (AvgIpc) is 2.72. The fourth-order valence-electron chi connectivity index (χ4n) is 2.33. The fraction of sp³-hybridized carbons (Fsp3) is 0.429. The SMILES string of the molecule is Cc1nc2c(C(=O)O)cccc2n1C(C)C(C)CO. The maximum absolute atomic E-state index is 11.2. The topological polar surface area (TPSA) is 75.3 Å². The Bertz CT molecular complexity index is 618. The maximum Gasteiger partial charge on any atom is 0.337 e. The molecule has 5 heteroatoms. The van der Waals surface area contributed by atoms with Crippen molar-refractivity contribution in [2.45, 2.75) is 26.8 Å². The lowest BCUT2D eigenvalue weighted by Gasteiger charge is -2.21. The smallest absolute Gasteiger partial charge is 0.337 e. The van der Waals surface area contributed by atoms with Gasteiger partial charge in [-0.2, -0.15) is 0 Å². The molecule has 0 bridgehead atoms. The number of fused-ring (bicyclic) bond motifs is 1. The summed E-state index contributed by atoms with van der Waals surface area (Å²) in [5, 5.41) is 18.5. The fourth-order valence-corrected chi connectivity index (χ4v) is 2.33. The van der Waals surface area contributed by atoms with Crippen LogP contribution in [-0.4, -0.2) is 32.3 Å². The summed E-state index contributed by atoms with van der Waals surface area (Å²) in [6, 6.07) is 5.20. The Kier molecular flexibility index (Phi) is 3.57. The molecule has 2 aromatic rings. The number of nitrogens with zero attached hydrogens (tertiary/aromatic N) is 2. The molecule has 0 amide bonds. The lowest BCUT2D eigenvalue weighted by Crippen LogP contribution is -2.18. The van der Waals surface area contributed by atoms with E-state index < -0.39 is 5.97 Å². The van der Waals surface area contributed by atoms with Gasteiger partial charge in [0, 0.05) is 12.6 Å². The molecule has 2 N–H and O–H groups in total. The van der Waals surface area contributed by atoms with E-state index in [-0.39, 0.29) is 24.1 Å². The van der Waals surface area contributed by atoms with Crippen LogP contribution in [0.25, 0.3) is 11.0 Å². The molecule has 2 unspecified atom stereocenters. The number of aryl methyl sites for hydroxylation is 1. The summed E-state index contributed by atoms with van der Waals surface area (Å²) < 4.78 is 1.99. The molecule has 19 heavy (non-hydrogen) atoms. The van der Waals surface area contributed by atoms with E-state index in [4.69, 9.17) is 0 Å². The summed E-state index contributed by atoms with van der Waals surface area (Å²) in [5.41, 5.74) is 1.51. The molecular weight excluding hydrogens is 244 g/mol. The number of benzene rings is 1. The molecule has 0 aliphatic heterocycles. The van der Waals surface area contributed by atoms with Gasteiger partial charge in [-0.3, -0.25) is 0 Å². The highest BCUT2D eigenvalue weighted by Crippen LogP contribution is 2.27. The molecule has 0 saturated heterocycles. The summed E-state index contributed by atoms with van der Waals surface area (Å²) in [5.74, 6) is -0.140. The van der Waals surface area contributed by atoms with Crippen molar-refractivity contribution < 1.29 is 15.0 Å². The minimum absolute atomic E-state index is 0.0547. The zero-order valence-electron chi connectivity index (χ0n) is 11.3. The zero-order chi connectivity index (χ0) is 14.2. The highest BCUT2D eigenvalue weighted by Gasteiger charge is 2.20. The highest BCUT2D eigenvalue weighted by atomic mass is 16.4. The van der Waals surface area contributed by atoms with Gasteiger partial charge in [-0.05, 0) is 31.9 Å². The Hall–Kier alpha value is -1.88. The van der Waals surface area contributed by atoms with E-state index in [1.807, 2.05) is 31.4 Å². The lowest BCUT2D eigenvalue weighted by atomic mass is 10.0. The van der Waals surface area contributed by atoms with Crippen LogP contribution in [0.5, 0.6) is 0 Å². The molecule has 2 atom stereocenters. The van der Waals surface area contributed by atoms with Crippen LogP contribution in [0.3, 0.4) is 0 Å². The number of rotatable bonds is 4. The minimum atomic E-state index is -0.974. The van der Waals surface area contributed by atoms with Gasteiger partial charge >= 0.3 is 5.97 Å². The van der Waals surface area contributed by atoms with E-state index in [9.17, 15) is 15.0 Å². The van der Waals surface area contributed by atoms with Crippen molar-refractivity contribution >= 4 is 17.0 Å². The molecule has 0 spiro atoms. The van der Waals surface area contributed by atoms with Gasteiger partial charge in [-0.25, -0.2) is 9.78 Å². The van der Waals surface area contributed by atoms with Crippen LogP contribution >= 0.6 is 0 Å². The van der Waals surface area contributed by atoms with Crippen molar-refractivity contribution in [2.24, 2.45) is 5.92 Å². The first-order valence-corrected chi connectivity index (χ1v) is 6.29. The van der Waals surface area contributed by atoms with Crippen LogP contribution in [0, 0.1) is 12.8 Å².